The molecule has 0 fully saturated rings. The van der Waals surface area contributed by atoms with Crippen molar-refractivity contribution in [3.8, 4) is 0 Å². The van der Waals surface area contributed by atoms with Gasteiger partial charge >= 0.3 is 0 Å². The first-order chi connectivity index (χ1) is 9.30. The standard InChI is InChI=1S/C11H22N8O/c1-11(2,7(20)13-3)6-14-8-15-9(18-12)17-10(16-8)19(4)5/h6,12H2,1-5H3,(H,13,20)(H2,14,15,16,17,18). The molecule has 0 radical (unpaired) electrons. The summed E-state index contributed by atoms with van der Waals surface area (Å²) >= 11 is 0. The molecule has 0 bridgehead atoms. The Bertz CT molecular complexity index is 473. The fourth-order valence-electron chi connectivity index (χ4n) is 1.43. The lowest BCUT2D eigenvalue weighted by atomic mass is 9.92. The maximum absolute atomic E-state index is 11.7. The van der Waals surface area contributed by atoms with Crippen LogP contribution in [0.3, 0.4) is 0 Å². The van der Waals surface area contributed by atoms with Gasteiger partial charge in [0.1, 0.15) is 0 Å². The molecular weight excluding hydrogens is 260 g/mol. The van der Waals surface area contributed by atoms with Crippen molar-refractivity contribution in [1.82, 2.24) is 20.3 Å². The van der Waals surface area contributed by atoms with E-state index < -0.39 is 5.41 Å². The summed E-state index contributed by atoms with van der Waals surface area (Å²) in [5.74, 6) is 6.34. The molecule has 0 unspecified atom stereocenters. The van der Waals surface area contributed by atoms with Crippen molar-refractivity contribution in [3.05, 3.63) is 0 Å². The lowest BCUT2D eigenvalue weighted by Crippen LogP contribution is -2.39. The zero-order valence-corrected chi connectivity index (χ0v) is 12.5. The van der Waals surface area contributed by atoms with Gasteiger partial charge in [-0.2, -0.15) is 15.0 Å². The Morgan fingerprint density at radius 2 is 1.85 bits per heavy atom. The summed E-state index contributed by atoms with van der Waals surface area (Å²) in [6.45, 7) is 4.04. The Morgan fingerprint density at radius 1 is 1.25 bits per heavy atom. The van der Waals surface area contributed by atoms with Gasteiger partial charge in [-0.05, 0) is 13.8 Å². The molecule has 0 aliphatic rings. The SMILES string of the molecule is CNC(=O)C(C)(C)CNc1nc(NN)nc(N(C)C)n1. The van der Waals surface area contributed by atoms with Crippen LogP contribution in [0.5, 0.6) is 0 Å². The Kier molecular flexibility index (Phi) is 5.03. The average Bonchev–Trinajstić information content (AvgIpc) is 2.43. The van der Waals surface area contributed by atoms with Crippen LogP contribution in [0.15, 0.2) is 0 Å². The number of amides is 1. The molecule has 1 aromatic heterocycles. The molecule has 20 heavy (non-hydrogen) atoms. The molecule has 0 aliphatic heterocycles. The fraction of sp³-hybridized carbons (Fsp3) is 0.636. The summed E-state index contributed by atoms with van der Waals surface area (Å²) < 4.78 is 0. The first-order valence-electron chi connectivity index (χ1n) is 6.16. The second kappa shape index (κ2) is 6.33. The third-order valence-electron chi connectivity index (χ3n) is 2.68. The van der Waals surface area contributed by atoms with Crippen molar-refractivity contribution >= 4 is 23.8 Å². The summed E-state index contributed by atoms with van der Waals surface area (Å²) in [7, 11) is 5.23. The number of nitrogen functional groups attached to an aromatic ring is 1. The molecule has 1 rings (SSSR count). The molecule has 1 aromatic rings. The highest BCUT2D eigenvalue weighted by Crippen LogP contribution is 2.17. The molecule has 0 saturated heterocycles. The summed E-state index contributed by atoms with van der Waals surface area (Å²) in [4.78, 5) is 25.9. The van der Waals surface area contributed by atoms with Crippen molar-refractivity contribution in [2.24, 2.45) is 11.3 Å². The molecule has 0 spiro atoms. The monoisotopic (exact) mass is 282 g/mol. The molecule has 9 heteroatoms. The van der Waals surface area contributed by atoms with Crippen LogP contribution in [0.1, 0.15) is 13.8 Å². The van der Waals surface area contributed by atoms with Gasteiger partial charge < -0.3 is 15.5 Å². The van der Waals surface area contributed by atoms with Crippen molar-refractivity contribution in [1.29, 1.82) is 0 Å². The predicted molar refractivity (Wildman–Crippen MR) is 78.3 cm³/mol. The largest absolute Gasteiger partial charge is 0.359 e. The van der Waals surface area contributed by atoms with E-state index in [9.17, 15) is 4.79 Å². The first-order valence-corrected chi connectivity index (χ1v) is 6.16. The third kappa shape index (κ3) is 3.92. The Morgan fingerprint density at radius 3 is 2.35 bits per heavy atom. The van der Waals surface area contributed by atoms with Gasteiger partial charge in [0.05, 0.1) is 5.41 Å². The number of hydrogen-bond donors (Lipinski definition) is 4. The van der Waals surface area contributed by atoms with Crippen molar-refractivity contribution < 1.29 is 4.79 Å². The minimum atomic E-state index is -0.587. The minimum Gasteiger partial charge on any atom is -0.359 e. The van der Waals surface area contributed by atoms with Gasteiger partial charge in [0.15, 0.2) is 0 Å². The number of aromatic nitrogens is 3. The summed E-state index contributed by atoms with van der Waals surface area (Å²) in [5.41, 5.74) is 1.80. The number of nitrogens with zero attached hydrogens (tertiary/aromatic N) is 4. The Labute approximate surface area is 118 Å². The summed E-state index contributed by atoms with van der Waals surface area (Å²) in [5, 5.41) is 5.65. The van der Waals surface area contributed by atoms with Crippen molar-refractivity contribution in [2.75, 3.05) is 43.3 Å². The highest BCUT2D eigenvalue weighted by atomic mass is 16.2. The number of rotatable bonds is 6. The lowest BCUT2D eigenvalue weighted by molar-refractivity contribution is -0.128. The van der Waals surface area contributed by atoms with E-state index >= 15 is 0 Å². The van der Waals surface area contributed by atoms with Gasteiger partial charge in [0.25, 0.3) is 0 Å². The molecule has 0 saturated carbocycles. The van der Waals surface area contributed by atoms with Gasteiger partial charge in [-0.25, -0.2) is 5.84 Å². The van der Waals surface area contributed by atoms with E-state index in [2.05, 4.69) is 31.0 Å². The van der Waals surface area contributed by atoms with Crippen LogP contribution in [-0.4, -0.2) is 48.5 Å². The normalized spacial score (nSPS) is 10.9. The molecular formula is C11H22N8O. The summed E-state index contributed by atoms with van der Waals surface area (Å²) in [6, 6.07) is 0. The van der Waals surface area contributed by atoms with E-state index in [1.807, 2.05) is 27.9 Å². The quantitative estimate of drug-likeness (QED) is 0.403. The zero-order valence-electron chi connectivity index (χ0n) is 12.5. The first kappa shape index (κ1) is 15.9. The maximum atomic E-state index is 11.7. The van der Waals surface area contributed by atoms with Crippen molar-refractivity contribution in [2.45, 2.75) is 13.8 Å². The highest BCUT2D eigenvalue weighted by Gasteiger charge is 2.26. The number of hydrazine groups is 1. The van der Waals surface area contributed by atoms with Crippen LogP contribution in [0.2, 0.25) is 0 Å². The van der Waals surface area contributed by atoms with Crippen LogP contribution in [-0.2, 0) is 4.79 Å². The van der Waals surface area contributed by atoms with E-state index in [0.29, 0.717) is 18.4 Å². The molecule has 0 aromatic carbocycles. The van der Waals surface area contributed by atoms with Crippen molar-refractivity contribution in [3.63, 3.8) is 0 Å². The van der Waals surface area contributed by atoms with Crippen LogP contribution >= 0.6 is 0 Å². The Balaban J connectivity index is 2.87. The van der Waals surface area contributed by atoms with E-state index in [1.165, 1.54) is 0 Å². The topological polar surface area (TPSA) is 121 Å². The fourth-order valence-corrected chi connectivity index (χ4v) is 1.43. The second-order valence-corrected chi connectivity index (χ2v) is 5.14. The highest BCUT2D eigenvalue weighted by molar-refractivity contribution is 5.82. The maximum Gasteiger partial charge on any atom is 0.243 e. The molecule has 112 valence electrons. The molecule has 9 nitrogen and oxygen atoms in total. The Hall–Kier alpha value is -2.16. The van der Waals surface area contributed by atoms with Crippen LogP contribution in [0.4, 0.5) is 17.8 Å². The van der Waals surface area contributed by atoms with E-state index in [-0.39, 0.29) is 11.9 Å². The average molecular weight is 282 g/mol. The number of carbonyl (C=O) groups is 1. The second-order valence-electron chi connectivity index (χ2n) is 5.14. The van der Waals surface area contributed by atoms with Crippen LogP contribution in [0.25, 0.3) is 0 Å². The van der Waals surface area contributed by atoms with E-state index in [0.717, 1.165) is 0 Å². The van der Waals surface area contributed by atoms with Gasteiger partial charge in [-0.1, -0.05) is 0 Å². The number of anilines is 3. The number of carbonyl (C=O) groups excluding carboxylic acids is 1. The minimum absolute atomic E-state index is 0.0657. The number of nitrogens with two attached hydrogens (primary N) is 1. The molecule has 1 amide bonds. The van der Waals surface area contributed by atoms with Crippen LogP contribution in [0, 0.1) is 5.41 Å². The van der Waals surface area contributed by atoms with E-state index in [1.54, 1.807) is 11.9 Å². The van der Waals surface area contributed by atoms with Gasteiger partial charge in [-0.15, -0.1) is 0 Å². The van der Waals surface area contributed by atoms with Gasteiger partial charge in [0.2, 0.25) is 23.8 Å². The third-order valence-corrected chi connectivity index (χ3v) is 2.68. The number of hydrogen-bond acceptors (Lipinski definition) is 8. The van der Waals surface area contributed by atoms with Gasteiger partial charge in [-0.3, -0.25) is 10.2 Å². The lowest BCUT2D eigenvalue weighted by Gasteiger charge is -2.23. The smallest absolute Gasteiger partial charge is 0.243 e. The van der Waals surface area contributed by atoms with Crippen LogP contribution < -0.4 is 26.8 Å². The zero-order chi connectivity index (χ0) is 15.3. The molecule has 5 N–H and O–H groups in total. The molecule has 1 heterocycles. The number of nitrogens with one attached hydrogen (secondary N) is 3. The predicted octanol–water partition coefficient (Wildman–Crippen LogP) is -0.593. The van der Waals surface area contributed by atoms with E-state index in [4.69, 9.17) is 5.84 Å². The van der Waals surface area contributed by atoms with Gasteiger partial charge in [0, 0.05) is 27.7 Å². The molecule has 0 aliphatic carbocycles. The summed E-state index contributed by atoms with van der Waals surface area (Å²) in [6.07, 6.45) is 0. The molecule has 0 atom stereocenters.